The molecule has 0 aliphatic carbocycles. The van der Waals surface area contributed by atoms with Gasteiger partial charge in [-0.15, -0.1) is 0 Å². The van der Waals surface area contributed by atoms with Crippen LogP contribution in [0.15, 0.2) is 61.2 Å². The fourth-order valence-electron chi connectivity index (χ4n) is 2.03. The van der Waals surface area contributed by atoms with Crippen molar-refractivity contribution in [2.45, 2.75) is 13.3 Å². The first kappa shape index (κ1) is 16.6. The number of carbonyl (C=O) groups excluding carboxylic acids is 1. The number of anilines is 1. The predicted octanol–water partition coefficient (Wildman–Crippen LogP) is 3.83. The lowest BCUT2D eigenvalue weighted by Gasteiger charge is -2.12. The Labute approximate surface area is 136 Å². The third-order valence-corrected chi connectivity index (χ3v) is 3.19. The van der Waals surface area contributed by atoms with Crippen molar-refractivity contribution in [3.8, 4) is 11.5 Å². The second-order valence-corrected chi connectivity index (χ2v) is 4.93. The molecular weight excluding hydrogens is 290 g/mol. The summed E-state index contributed by atoms with van der Waals surface area (Å²) in [6.45, 7) is 6.02. The summed E-state index contributed by atoms with van der Waals surface area (Å²) in [6.07, 6.45) is 2.58. The molecule has 4 heteroatoms. The van der Waals surface area contributed by atoms with E-state index in [0.29, 0.717) is 23.8 Å². The van der Waals surface area contributed by atoms with E-state index in [4.69, 9.17) is 9.47 Å². The molecule has 0 radical (unpaired) electrons. The van der Waals surface area contributed by atoms with Crippen LogP contribution in [-0.4, -0.2) is 19.1 Å². The average molecular weight is 311 g/mol. The molecule has 23 heavy (non-hydrogen) atoms. The van der Waals surface area contributed by atoms with E-state index >= 15 is 0 Å². The standard InChI is InChI=1S/C19H21NO3/c1-3-12-22-18-11-6-5-10-17(18)20-19(21)14-23-16-9-7-8-15(4-2)13-16/h3,5-11,13H,1,4,12,14H2,2H3,(H,20,21). The summed E-state index contributed by atoms with van der Waals surface area (Å²) in [5, 5.41) is 2.80. The lowest BCUT2D eigenvalue weighted by molar-refractivity contribution is -0.118. The summed E-state index contributed by atoms with van der Waals surface area (Å²) >= 11 is 0. The second-order valence-electron chi connectivity index (χ2n) is 4.93. The Morgan fingerprint density at radius 2 is 2.00 bits per heavy atom. The molecule has 2 aromatic carbocycles. The van der Waals surface area contributed by atoms with E-state index in [0.717, 1.165) is 6.42 Å². The summed E-state index contributed by atoms with van der Waals surface area (Å²) in [5.74, 6) is 1.06. The maximum atomic E-state index is 12.1. The Hall–Kier alpha value is -2.75. The van der Waals surface area contributed by atoms with Gasteiger partial charge in [-0.2, -0.15) is 0 Å². The molecule has 1 N–H and O–H groups in total. The molecule has 0 saturated heterocycles. The van der Waals surface area contributed by atoms with E-state index < -0.39 is 0 Å². The van der Waals surface area contributed by atoms with E-state index in [1.807, 2.05) is 36.4 Å². The molecule has 1 amide bonds. The highest BCUT2D eigenvalue weighted by Crippen LogP contribution is 2.23. The first-order valence-electron chi connectivity index (χ1n) is 7.57. The van der Waals surface area contributed by atoms with Crippen LogP contribution in [0.25, 0.3) is 0 Å². The Bertz CT molecular complexity index is 667. The first-order valence-corrected chi connectivity index (χ1v) is 7.57. The SMILES string of the molecule is C=CCOc1ccccc1NC(=O)COc1cccc(CC)c1. The third kappa shape index (κ3) is 5.18. The van der Waals surface area contributed by atoms with Crippen LogP contribution < -0.4 is 14.8 Å². The molecule has 0 fully saturated rings. The number of nitrogens with one attached hydrogen (secondary N) is 1. The van der Waals surface area contributed by atoms with Gasteiger partial charge in [0.2, 0.25) is 0 Å². The summed E-state index contributed by atoms with van der Waals surface area (Å²) in [4.78, 5) is 12.1. The van der Waals surface area contributed by atoms with E-state index in [1.54, 1.807) is 18.2 Å². The molecule has 4 nitrogen and oxygen atoms in total. The Kier molecular flexibility index (Phi) is 6.24. The topological polar surface area (TPSA) is 47.6 Å². The van der Waals surface area contributed by atoms with Gasteiger partial charge in [0.15, 0.2) is 6.61 Å². The molecule has 0 spiro atoms. The number of benzene rings is 2. The number of hydrogen-bond donors (Lipinski definition) is 1. The second kappa shape index (κ2) is 8.63. The van der Waals surface area contributed by atoms with Crippen LogP contribution in [-0.2, 0) is 11.2 Å². The van der Waals surface area contributed by atoms with Crippen LogP contribution >= 0.6 is 0 Å². The van der Waals surface area contributed by atoms with E-state index in [1.165, 1.54) is 5.56 Å². The summed E-state index contributed by atoms with van der Waals surface area (Å²) in [6, 6.07) is 15.0. The van der Waals surface area contributed by atoms with Crippen molar-refractivity contribution < 1.29 is 14.3 Å². The number of carbonyl (C=O) groups is 1. The fourth-order valence-corrected chi connectivity index (χ4v) is 2.03. The van der Waals surface area contributed by atoms with Gasteiger partial charge in [-0.3, -0.25) is 4.79 Å². The minimum atomic E-state index is -0.235. The van der Waals surface area contributed by atoms with Gasteiger partial charge in [0.1, 0.15) is 18.1 Å². The molecule has 0 heterocycles. The number of ether oxygens (including phenoxy) is 2. The van der Waals surface area contributed by atoms with Gasteiger partial charge in [0.05, 0.1) is 5.69 Å². The lowest BCUT2D eigenvalue weighted by Crippen LogP contribution is -2.20. The van der Waals surface area contributed by atoms with Gasteiger partial charge < -0.3 is 14.8 Å². The van der Waals surface area contributed by atoms with E-state index in [2.05, 4.69) is 18.8 Å². The number of amides is 1. The summed E-state index contributed by atoms with van der Waals surface area (Å²) in [5.41, 5.74) is 1.79. The molecule has 0 aliphatic rings. The van der Waals surface area contributed by atoms with Gasteiger partial charge in [-0.1, -0.05) is 43.8 Å². The molecule has 0 unspecified atom stereocenters. The Morgan fingerprint density at radius 3 is 2.78 bits per heavy atom. The summed E-state index contributed by atoms with van der Waals surface area (Å²) < 4.78 is 11.0. The van der Waals surface area contributed by atoms with Crippen molar-refractivity contribution in [1.29, 1.82) is 0 Å². The van der Waals surface area contributed by atoms with Gasteiger partial charge in [-0.05, 0) is 36.2 Å². The quantitative estimate of drug-likeness (QED) is 0.754. The number of rotatable bonds is 8. The zero-order valence-electron chi connectivity index (χ0n) is 13.2. The molecule has 2 aromatic rings. The largest absolute Gasteiger partial charge is 0.487 e. The normalized spacial score (nSPS) is 9.96. The molecule has 0 aliphatic heterocycles. The van der Waals surface area contributed by atoms with Crippen LogP contribution in [0, 0.1) is 0 Å². The average Bonchev–Trinajstić information content (AvgIpc) is 2.59. The molecule has 0 aromatic heterocycles. The van der Waals surface area contributed by atoms with Gasteiger partial charge in [0.25, 0.3) is 5.91 Å². The number of aryl methyl sites for hydroxylation is 1. The molecule has 0 atom stereocenters. The van der Waals surface area contributed by atoms with Crippen LogP contribution in [0.2, 0.25) is 0 Å². The molecule has 120 valence electrons. The maximum absolute atomic E-state index is 12.1. The monoisotopic (exact) mass is 311 g/mol. The van der Waals surface area contributed by atoms with Crippen molar-refractivity contribution in [2.75, 3.05) is 18.5 Å². The highest BCUT2D eigenvalue weighted by molar-refractivity contribution is 5.93. The summed E-state index contributed by atoms with van der Waals surface area (Å²) in [7, 11) is 0. The fraction of sp³-hybridized carbons (Fsp3) is 0.211. The zero-order chi connectivity index (χ0) is 16.5. The minimum Gasteiger partial charge on any atom is -0.487 e. The zero-order valence-corrected chi connectivity index (χ0v) is 13.2. The smallest absolute Gasteiger partial charge is 0.262 e. The molecule has 0 bridgehead atoms. The Balaban J connectivity index is 1.93. The highest BCUT2D eigenvalue weighted by atomic mass is 16.5. The van der Waals surface area contributed by atoms with Crippen molar-refractivity contribution in [1.82, 2.24) is 0 Å². The first-order chi connectivity index (χ1) is 11.2. The number of hydrogen-bond acceptors (Lipinski definition) is 3. The van der Waals surface area contributed by atoms with Crippen molar-refractivity contribution >= 4 is 11.6 Å². The molecule has 2 rings (SSSR count). The van der Waals surface area contributed by atoms with Crippen molar-refractivity contribution in [3.05, 3.63) is 66.7 Å². The Morgan fingerprint density at radius 1 is 1.17 bits per heavy atom. The minimum absolute atomic E-state index is 0.0526. The maximum Gasteiger partial charge on any atom is 0.262 e. The molecule has 0 saturated carbocycles. The van der Waals surface area contributed by atoms with Gasteiger partial charge >= 0.3 is 0 Å². The van der Waals surface area contributed by atoms with Crippen LogP contribution in [0.4, 0.5) is 5.69 Å². The van der Waals surface area contributed by atoms with E-state index in [-0.39, 0.29) is 12.5 Å². The highest BCUT2D eigenvalue weighted by Gasteiger charge is 2.08. The van der Waals surface area contributed by atoms with Gasteiger partial charge in [0, 0.05) is 0 Å². The van der Waals surface area contributed by atoms with Crippen LogP contribution in [0.3, 0.4) is 0 Å². The van der Waals surface area contributed by atoms with Crippen LogP contribution in [0.5, 0.6) is 11.5 Å². The van der Waals surface area contributed by atoms with E-state index in [9.17, 15) is 4.79 Å². The van der Waals surface area contributed by atoms with Crippen molar-refractivity contribution in [2.24, 2.45) is 0 Å². The predicted molar refractivity (Wildman–Crippen MR) is 92.1 cm³/mol. The molecular formula is C19H21NO3. The third-order valence-electron chi connectivity index (χ3n) is 3.19. The lowest BCUT2D eigenvalue weighted by atomic mass is 10.2. The van der Waals surface area contributed by atoms with Crippen LogP contribution in [0.1, 0.15) is 12.5 Å². The van der Waals surface area contributed by atoms with Crippen molar-refractivity contribution in [3.63, 3.8) is 0 Å². The van der Waals surface area contributed by atoms with Gasteiger partial charge in [-0.25, -0.2) is 0 Å². The number of para-hydroxylation sites is 2.